The van der Waals surface area contributed by atoms with Crippen LogP contribution in [0.5, 0.6) is 0 Å². The summed E-state index contributed by atoms with van der Waals surface area (Å²) in [5.41, 5.74) is 9.68. The molecule has 0 unspecified atom stereocenters. The quantitative estimate of drug-likeness (QED) is 0.157. The molecule has 6 aromatic rings. The van der Waals surface area contributed by atoms with Crippen molar-refractivity contribution in [3.05, 3.63) is 71.4 Å². The maximum Gasteiger partial charge on any atom is 0.224 e. The molecule has 3 heterocycles. The molecule has 7 rings (SSSR count). The molecule has 1 saturated carbocycles. The van der Waals surface area contributed by atoms with Crippen molar-refractivity contribution in [1.82, 2.24) is 4.40 Å². The number of rotatable bonds is 1. The zero-order valence-electron chi connectivity index (χ0n) is 18.5. The van der Waals surface area contributed by atoms with Crippen molar-refractivity contribution < 1.29 is 4.57 Å². The van der Waals surface area contributed by atoms with Crippen molar-refractivity contribution in [2.45, 2.75) is 45.4 Å². The minimum Gasteiger partial charge on any atom is -0.307 e. The molecule has 3 aromatic heterocycles. The molecular formula is C29H27N2+. The Kier molecular flexibility index (Phi) is 3.38. The van der Waals surface area contributed by atoms with Gasteiger partial charge in [0.2, 0.25) is 5.52 Å². The zero-order chi connectivity index (χ0) is 20.9. The zero-order valence-corrected chi connectivity index (χ0v) is 18.5. The van der Waals surface area contributed by atoms with E-state index in [-0.39, 0.29) is 0 Å². The molecule has 0 N–H and O–H groups in total. The van der Waals surface area contributed by atoms with Gasteiger partial charge in [-0.15, -0.1) is 0 Å². The largest absolute Gasteiger partial charge is 0.307 e. The molecule has 0 radical (unpaired) electrons. The average molecular weight is 404 g/mol. The Morgan fingerprint density at radius 3 is 2.48 bits per heavy atom. The van der Waals surface area contributed by atoms with Gasteiger partial charge in [0, 0.05) is 16.8 Å². The van der Waals surface area contributed by atoms with Gasteiger partial charge < -0.3 is 4.40 Å². The second-order valence-electron chi connectivity index (χ2n) is 9.72. The third-order valence-electron chi connectivity index (χ3n) is 7.91. The van der Waals surface area contributed by atoms with Crippen LogP contribution in [0.1, 0.15) is 48.3 Å². The SMILES string of the molecule is Cc1cccc2c1c1ccc(C)c3c1n2c1cc(C2CCCC2)cc2cc[n+](C)c3c21. The van der Waals surface area contributed by atoms with Crippen molar-refractivity contribution in [3.8, 4) is 0 Å². The predicted molar refractivity (Wildman–Crippen MR) is 130 cm³/mol. The minimum absolute atomic E-state index is 0.705. The lowest BCUT2D eigenvalue weighted by molar-refractivity contribution is -0.643. The summed E-state index contributed by atoms with van der Waals surface area (Å²) in [5.74, 6) is 0.705. The van der Waals surface area contributed by atoms with Gasteiger partial charge in [-0.05, 0) is 66.8 Å². The van der Waals surface area contributed by atoms with Crippen LogP contribution in [0.25, 0.3) is 49.0 Å². The van der Waals surface area contributed by atoms with Gasteiger partial charge >= 0.3 is 0 Å². The highest BCUT2D eigenvalue weighted by molar-refractivity contribution is 6.26. The molecule has 31 heavy (non-hydrogen) atoms. The molecular weight excluding hydrogens is 376 g/mol. The molecule has 1 aliphatic rings. The molecule has 0 saturated heterocycles. The van der Waals surface area contributed by atoms with Crippen LogP contribution in [0.4, 0.5) is 0 Å². The first-order valence-electron chi connectivity index (χ1n) is 11.6. The minimum atomic E-state index is 0.705. The lowest BCUT2D eigenvalue weighted by atomic mass is 9.92. The Labute approximate surface area is 182 Å². The van der Waals surface area contributed by atoms with E-state index in [0.717, 1.165) is 0 Å². The normalized spacial score (nSPS) is 15.6. The van der Waals surface area contributed by atoms with Gasteiger partial charge in [-0.1, -0.05) is 43.2 Å². The Bertz CT molecular complexity index is 1660. The maximum atomic E-state index is 2.58. The Balaban J connectivity index is 1.84. The summed E-state index contributed by atoms with van der Waals surface area (Å²) in [4.78, 5) is 0. The summed E-state index contributed by atoms with van der Waals surface area (Å²) >= 11 is 0. The Hall–Kier alpha value is -3.13. The molecule has 0 atom stereocenters. The van der Waals surface area contributed by atoms with E-state index in [1.807, 2.05) is 0 Å². The smallest absolute Gasteiger partial charge is 0.224 e. The van der Waals surface area contributed by atoms with E-state index in [0.29, 0.717) is 5.92 Å². The highest BCUT2D eigenvalue weighted by atomic mass is 15.0. The highest BCUT2D eigenvalue weighted by Crippen LogP contribution is 2.43. The van der Waals surface area contributed by atoms with E-state index in [1.54, 1.807) is 0 Å². The fourth-order valence-electron chi connectivity index (χ4n) is 6.46. The molecule has 2 heteroatoms. The van der Waals surface area contributed by atoms with E-state index in [4.69, 9.17) is 0 Å². The fraction of sp³-hybridized carbons (Fsp3) is 0.276. The first-order chi connectivity index (χ1) is 15.1. The lowest BCUT2D eigenvalue weighted by Crippen LogP contribution is -2.29. The fourth-order valence-corrected chi connectivity index (χ4v) is 6.46. The van der Waals surface area contributed by atoms with Gasteiger partial charge in [-0.3, -0.25) is 0 Å². The van der Waals surface area contributed by atoms with Gasteiger partial charge in [-0.2, -0.15) is 0 Å². The average Bonchev–Trinajstić information content (AvgIpc) is 3.41. The molecule has 0 amide bonds. The molecule has 0 spiro atoms. The predicted octanol–water partition coefficient (Wildman–Crippen LogP) is 7.09. The summed E-state index contributed by atoms with van der Waals surface area (Å²) in [6.07, 6.45) is 7.64. The number of hydrogen-bond acceptors (Lipinski definition) is 0. The van der Waals surface area contributed by atoms with Gasteiger partial charge in [-0.25, -0.2) is 4.57 Å². The van der Waals surface area contributed by atoms with E-state index in [1.165, 1.54) is 91.4 Å². The summed E-state index contributed by atoms with van der Waals surface area (Å²) in [6, 6.07) is 18.7. The third kappa shape index (κ3) is 2.15. The van der Waals surface area contributed by atoms with Crippen LogP contribution in [0.15, 0.2) is 54.7 Å². The number of nitrogens with zero attached hydrogens (tertiary/aromatic N) is 2. The summed E-state index contributed by atoms with van der Waals surface area (Å²) in [7, 11) is 2.20. The molecule has 3 aromatic carbocycles. The number of aromatic nitrogens is 2. The van der Waals surface area contributed by atoms with Gasteiger partial charge in [0.05, 0.1) is 27.3 Å². The molecule has 1 aliphatic carbocycles. The van der Waals surface area contributed by atoms with E-state index in [2.05, 4.69) is 84.6 Å². The van der Waals surface area contributed by atoms with Crippen LogP contribution >= 0.6 is 0 Å². The Morgan fingerprint density at radius 2 is 1.65 bits per heavy atom. The molecule has 152 valence electrons. The summed E-state index contributed by atoms with van der Waals surface area (Å²) < 4.78 is 4.91. The van der Waals surface area contributed by atoms with Crippen molar-refractivity contribution in [1.29, 1.82) is 0 Å². The number of aryl methyl sites for hydroxylation is 3. The Morgan fingerprint density at radius 1 is 0.839 bits per heavy atom. The highest BCUT2D eigenvalue weighted by Gasteiger charge is 2.26. The van der Waals surface area contributed by atoms with Crippen molar-refractivity contribution in [2.24, 2.45) is 7.05 Å². The van der Waals surface area contributed by atoms with E-state index in [9.17, 15) is 0 Å². The summed E-state index contributed by atoms with van der Waals surface area (Å²) in [6.45, 7) is 4.52. The maximum absolute atomic E-state index is 2.58. The lowest BCUT2D eigenvalue weighted by Gasteiger charge is -2.16. The number of pyridine rings is 2. The second kappa shape index (κ2) is 5.97. The number of fused-ring (bicyclic) bond motifs is 5. The van der Waals surface area contributed by atoms with Gasteiger partial charge in [0.25, 0.3) is 0 Å². The molecule has 0 aliphatic heterocycles. The first kappa shape index (κ1) is 17.5. The molecule has 0 bridgehead atoms. The topological polar surface area (TPSA) is 8.29 Å². The molecule has 1 fully saturated rings. The monoisotopic (exact) mass is 403 g/mol. The van der Waals surface area contributed by atoms with Crippen LogP contribution in [-0.4, -0.2) is 4.40 Å². The van der Waals surface area contributed by atoms with Gasteiger partial charge in [0.1, 0.15) is 7.05 Å². The standard InChI is InChI=1S/C29H27N2/c1-17-7-6-10-23-25(17)22-12-11-18(2)26-28(22)31(23)24-16-21(19-8-4-5-9-19)15-20-13-14-30(3)29(26)27(20)24/h6-7,10-16,19H,4-5,8-9H2,1-3H3/q+1. The van der Waals surface area contributed by atoms with Crippen LogP contribution in [0.3, 0.4) is 0 Å². The van der Waals surface area contributed by atoms with Crippen LogP contribution in [0.2, 0.25) is 0 Å². The van der Waals surface area contributed by atoms with Crippen molar-refractivity contribution in [3.63, 3.8) is 0 Å². The van der Waals surface area contributed by atoms with E-state index < -0.39 is 0 Å². The van der Waals surface area contributed by atoms with Crippen LogP contribution in [0, 0.1) is 13.8 Å². The number of benzene rings is 3. The van der Waals surface area contributed by atoms with Crippen molar-refractivity contribution in [2.75, 3.05) is 0 Å². The van der Waals surface area contributed by atoms with Crippen molar-refractivity contribution >= 4 is 49.0 Å². The van der Waals surface area contributed by atoms with E-state index >= 15 is 0 Å². The second-order valence-corrected chi connectivity index (χ2v) is 9.72. The van der Waals surface area contributed by atoms with Crippen LogP contribution < -0.4 is 4.57 Å². The van der Waals surface area contributed by atoms with Crippen LogP contribution in [-0.2, 0) is 7.05 Å². The summed E-state index contributed by atoms with van der Waals surface area (Å²) in [5, 5.41) is 6.94. The van der Waals surface area contributed by atoms with Gasteiger partial charge in [0.15, 0.2) is 6.20 Å². The first-order valence-corrected chi connectivity index (χ1v) is 11.6. The number of hydrogen-bond donors (Lipinski definition) is 0. The molecule has 2 nitrogen and oxygen atoms in total. The third-order valence-corrected chi connectivity index (χ3v) is 7.91.